The van der Waals surface area contributed by atoms with Crippen LogP contribution in [0.5, 0.6) is 0 Å². The number of nitrogens with zero attached hydrogens (tertiary/aromatic N) is 3. The van der Waals surface area contributed by atoms with Crippen LogP contribution in [0.2, 0.25) is 0 Å². The number of aromatic nitrogens is 2. The van der Waals surface area contributed by atoms with Gasteiger partial charge in [-0.05, 0) is 25.8 Å². The highest BCUT2D eigenvalue weighted by atomic mass is 15.2. The molecule has 74 valence electrons. The summed E-state index contributed by atoms with van der Waals surface area (Å²) in [4.78, 5) is 11.4. The SMILES string of the molecule is Cc1cncc([C@@H]2CN3CCC2C3)n1. The maximum absolute atomic E-state index is 4.58. The molecule has 0 radical (unpaired) electrons. The molecule has 2 aliphatic rings. The molecule has 14 heavy (non-hydrogen) atoms. The van der Waals surface area contributed by atoms with E-state index in [0.29, 0.717) is 5.92 Å². The minimum atomic E-state index is 0.649. The molecule has 2 bridgehead atoms. The number of aryl methyl sites for hydroxylation is 1. The molecule has 3 atom stereocenters. The lowest BCUT2D eigenvalue weighted by Crippen LogP contribution is -2.22. The molecule has 2 unspecified atom stereocenters. The van der Waals surface area contributed by atoms with E-state index in [0.717, 1.165) is 11.6 Å². The Morgan fingerprint density at radius 1 is 1.36 bits per heavy atom. The number of piperidine rings is 1. The van der Waals surface area contributed by atoms with Crippen LogP contribution in [0.4, 0.5) is 0 Å². The van der Waals surface area contributed by atoms with Gasteiger partial charge in [-0.3, -0.25) is 9.97 Å². The molecule has 3 nitrogen and oxygen atoms in total. The lowest BCUT2D eigenvalue weighted by molar-refractivity contribution is 0.343. The highest BCUT2D eigenvalue weighted by molar-refractivity contribution is 5.14. The first-order chi connectivity index (χ1) is 6.83. The van der Waals surface area contributed by atoms with E-state index >= 15 is 0 Å². The summed E-state index contributed by atoms with van der Waals surface area (Å²) in [5.41, 5.74) is 2.25. The summed E-state index contributed by atoms with van der Waals surface area (Å²) in [6, 6.07) is 0. The minimum Gasteiger partial charge on any atom is -0.302 e. The van der Waals surface area contributed by atoms with Crippen molar-refractivity contribution in [3.63, 3.8) is 0 Å². The van der Waals surface area contributed by atoms with Crippen molar-refractivity contribution in [3.8, 4) is 0 Å². The molecule has 0 N–H and O–H groups in total. The van der Waals surface area contributed by atoms with E-state index < -0.39 is 0 Å². The monoisotopic (exact) mass is 189 g/mol. The number of hydrogen-bond donors (Lipinski definition) is 0. The van der Waals surface area contributed by atoms with Crippen molar-refractivity contribution >= 4 is 0 Å². The summed E-state index contributed by atoms with van der Waals surface area (Å²) < 4.78 is 0. The van der Waals surface area contributed by atoms with Gasteiger partial charge in [-0.15, -0.1) is 0 Å². The van der Waals surface area contributed by atoms with Crippen LogP contribution in [0.3, 0.4) is 0 Å². The van der Waals surface area contributed by atoms with Crippen molar-refractivity contribution in [3.05, 3.63) is 23.8 Å². The quantitative estimate of drug-likeness (QED) is 0.665. The first kappa shape index (κ1) is 8.36. The molecule has 3 rings (SSSR count). The zero-order chi connectivity index (χ0) is 9.54. The van der Waals surface area contributed by atoms with E-state index in [-0.39, 0.29) is 0 Å². The van der Waals surface area contributed by atoms with Crippen molar-refractivity contribution in [2.45, 2.75) is 19.3 Å². The molecular formula is C11H15N3. The van der Waals surface area contributed by atoms with Crippen molar-refractivity contribution < 1.29 is 0 Å². The molecule has 1 aromatic heterocycles. The van der Waals surface area contributed by atoms with E-state index in [4.69, 9.17) is 0 Å². The molecule has 2 saturated heterocycles. The standard InChI is InChI=1S/C11H15N3/c1-8-4-12-5-11(13-8)10-7-14-3-2-9(10)6-14/h4-5,9-10H,2-3,6-7H2,1H3/t9?,10-/m1/s1. The lowest BCUT2D eigenvalue weighted by atomic mass is 9.90. The van der Waals surface area contributed by atoms with Crippen LogP contribution in [0.15, 0.2) is 12.4 Å². The van der Waals surface area contributed by atoms with Crippen molar-refractivity contribution in [1.29, 1.82) is 0 Å². The van der Waals surface area contributed by atoms with E-state index in [2.05, 4.69) is 14.9 Å². The van der Waals surface area contributed by atoms with E-state index in [1.807, 2.05) is 19.3 Å². The Hall–Kier alpha value is -0.960. The maximum atomic E-state index is 4.58. The van der Waals surface area contributed by atoms with Gasteiger partial charge in [0.2, 0.25) is 0 Å². The Balaban J connectivity index is 1.89. The summed E-state index contributed by atoms with van der Waals surface area (Å²) in [6.45, 7) is 5.79. The third-order valence-corrected chi connectivity index (χ3v) is 3.49. The van der Waals surface area contributed by atoms with Gasteiger partial charge in [0.25, 0.3) is 0 Å². The van der Waals surface area contributed by atoms with Crippen LogP contribution >= 0.6 is 0 Å². The van der Waals surface area contributed by atoms with Crippen molar-refractivity contribution in [2.24, 2.45) is 5.92 Å². The molecule has 2 fully saturated rings. The summed E-state index contributed by atoms with van der Waals surface area (Å²) >= 11 is 0. The highest BCUT2D eigenvalue weighted by Gasteiger charge is 2.39. The van der Waals surface area contributed by atoms with Crippen molar-refractivity contribution in [2.75, 3.05) is 19.6 Å². The van der Waals surface area contributed by atoms with Gasteiger partial charge in [0.1, 0.15) is 0 Å². The Labute approximate surface area is 84.2 Å². The molecule has 0 spiro atoms. The average molecular weight is 189 g/mol. The zero-order valence-electron chi connectivity index (χ0n) is 8.48. The van der Waals surface area contributed by atoms with Crippen LogP contribution in [0, 0.1) is 12.8 Å². The molecule has 3 heteroatoms. The Bertz CT molecular complexity index is 350. The zero-order valence-corrected chi connectivity index (χ0v) is 8.48. The minimum absolute atomic E-state index is 0.649. The van der Waals surface area contributed by atoms with Gasteiger partial charge < -0.3 is 4.90 Å². The van der Waals surface area contributed by atoms with Crippen molar-refractivity contribution in [1.82, 2.24) is 14.9 Å². The highest BCUT2D eigenvalue weighted by Crippen LogP contribution is 2.38. The first-order valence-corrected chi connectivity index (χ1v) is 5.34. The van der Waals surface area contributed by atoms with Crippen LogP contribution in [0.25, 0.3) is 0 Å². The Morgan fingerprint density at radius 2 is 2.29 bits per heavy atom. The van der Waals surface area contributed by atoms with Crippen LogP contribution in [0.1, 0.15) is 23.7 Å². The van der Waals surface area contributed by atoms with Gasteiger partial charge in [-0.1, -0.05) is 0 Å². The van der Waals surface area contributed by atoms with E-state index in [9.17, 15) is 0 Å². The Morgan fingerprint density at radius 3 is 2.93 bits per heavy atom. The smallest absolute Gasteiger partial charge is 0.0636 e. The molecule has 1 aromatic rings. The van der Waals surface area contributed by atoms with Crippen LogP contribution in [-0.2, 0) is 0 Å². The van der Waals surface area contributed by atoms with Crippen LogP contribution in [-0.4, -0.2) is 34.5 Å². The number of hydrogen-bond acceptors (Lipinski definition) is 3. The Kier molecular flexibility index (Phi) is 1.80. The molecule has 0 saturated carbocycles. The summed E-state index contributed by atoms with van der Waals surface area (Å²) in [7, 11) is 0. The second kappa shape index (κ2) is 3.02. The number of fused-ring (bicyclic) bond motifs is 2. The van der Waals surface area contributed by atoms with Gasteiger partial charge in [0.15, 0.2) is 0 Å². The van der Waals surface area contributed by atoms with Crippen LogP contribution < -0.4 is 0 Å². The molecule has 0 aliphatic carbocycles. The summed E-state index contributed by atoms with van der Waals surface area (Å²) in [6.07, 6.45) is 5.12. The fraction of sp³-hybridized carbons (Fsp3) is 0.636. The molecule has 0 amide bonds. The van der Waals surface area contributed by atoms with E-state index in [1.165, 1.54) is 31.7 Å². The lowest BCUT2D eigenvalue weighted by Gasteiger charge is -2.21. The third kappa shape index (κ3) is 1.23. The van der Waals surface area contributed by atoms with E-state index in [1.54, 1.807) is 0 Å². The van der Waals surface area contributed by atoms with Gasteiger partial charge in [0, 0.05) is 31.4 Å². The first-order valence-electron chi connectivity index (χ1n) is 5.34. The largest absolute Gasteiger partial charge is 0.302 e. The predicted octanol–water partition coefficient (Wildman–Crippen LogP) is 1.20. The average Bonchev–Trinajstić information content (AvgIpc) is 2.78. The van der Waals surface area contributed by atoms with Gasteiger partial charge in [-0.25, -0.2) is 0 Å². The normalized spacial score (nSPS) is 35.1. The predicted molar refractivity (Wildman–Crippen MR) is 54.1 cm³/mol. The molecule has 0 aromatic carbocycles. The maximum Gasteiger partial charge on any atom is 0.0636 e. The second-order valence-electron chi connectivity index (χ2n) is 4.50. The summed E-state index contributed by atoms with van der Waals surface area (Å²) in [5.74, 6) is 1.49. The molecule has 3 heterocycles. The fourth-order valence-electron chi connectivity index (χ4n) is 2.78. The second-order valence-corrected chi connectivity index (χ2v) is 4.50. The topological polar surface area (TPSA) is 29.0 Å². The van der Waals surface area contributed by atoms with Gasteiger partial charge in [-0.2, -0.15) is 0 Å². The third-order valence-electron chi connectivity index (χ3n) is 3.49. The molecular weight excluding hydrogens is 174 g/mol. The molecule has 2 aliphatic heterocycles. The number of rotatable bonds is 1. The fourth-order valence-corrected chi connectivity index (χ4v) is 2.78. The van der Waals surface area contributed by atoms with Gasteiger partial charge >= 0.3 is 0 Å². The summed E-state index contributed by atoms with van der Waals surface area (Å²) in [5, 5.41) is 0. The van der Waals surface area contributed by atoms with Gasteiger partial charge in [0.05, 0.1) is 11.4 Å².